The number of nitrogens with one attached hydrogen (secondary N) is 1. The second kappa shape index (κ2) is 6.00. The van der Waals surface area contributed by atoms with Gasteiger partial charge < -0.3 is 10.2 Å². The van der Waals surface area contributed by atoms with Gasteiger partial charge in [-0.05, 0) is 33.2 Å². The molecule has 1 heterocycles. The van der Waals surface area contributed by atoms with Crippen molar-refractivity contribution in [2.45, 2.75) is 6.92 Å². The van der Waals surface area contributed by atoms with E-state index in [-0.39, 0.29) is 18.2 Å². The van der Waals surface area contributed by atoms with Crippen LogP contribution in [0.4, 0.5) is 5.69 Å². The van der Waals surface area contributed by atoms with E-state index >= 15 is 0 Å². The summed E-state index contributed by atoms with van der Waals surface area (Å²) < 4.78 is 0. The van der Waals surface area contributed by atoms with E-state index in [0.717, 1.165) is 11.3 Å². The van der Waals surface area contributed by atoms with Crippen LogP contribution in [0.1, 0.15) is 21.7 Å². The van der Waals surface area contributed by atoms with E-state index in [1.165, 1.54) is 0 Å². The molecule has 130 valence electrons. The molecule has 1 aromatic heterocycles. The molecule has 1 amide bonds. The Balaban J connectivity index is 1.96. The predicted octanol–water partition coefficient (Wildman–Crippen LogP) is 2.65. The van der Waals surface area contributed by atoms with E-state index in [0.29, 0.717) is 33.5 Å². The molecule has 1 aliphatic carbocycles. The van der Waals surface area contributed by atoms with E-state index < -0.39 is 0 Å². The minimum Gasteiger partial charge on any atom is -0.323 e. The molecule has 0 spiro atoms. The number of likely N-dealkylation sites (N-methyl/N-ethyl adjacent to an activating group) is 1. The maximum Gasteiger partial charge on any atom is 0.238 e. The number of aromatic nitrogens is 2. The van der Waals surface area contributed by atoms with E-state index in [9.17, 15) is 9.59 Å². The minimum absolute atomic E-state index is 0.0447. The molecular formula is C20H18N4O2. The standard InChI is InChI=1S/C20H18N4O2/c1-11-21-18-12-6-4-5-7-13(12)20(26)14-8-9-15(19(22-11)17(14)18)23-16(25)10-24(2)3/h4-9H,10H2,1-3H3,(H,23,25). The number of nitrogens with zero attached hydrogens (tertiary/aromatic N) is 3. The molecule has 0 radical (unpaired) electrons. The van der Waals surface area contributed by atoms with Gasteiger partial charge in [-0.2, -0.15) is 0 Å². The maximum absolute atomic E-state index is 12.9. The third-order valence-electron chi connectivity index (χ3n) is 4.37. The third-order valence-corrected chi connectivity index (χ3v) is 4.37. The summed E-state index contributed by atoms with van der Waals surface area (Å²) in [6.07, 6.45) is 0. The molecule has 0 atom stereocenters. The molecule has 0 saturated heterocycles. The number of anilines is 1. The summed E-state index contributed by atoms with van der Waals surface area (Å²) in [5.41, 5.74) is 3.94. The molecule has 2 aromatic carbocycles. The Labute approximate surface area is 150 Å². The maximum atomic E-state index is 12.9. The van der Waals surface area contributed by atoms with Crippen LogP contribution in [0.5, 0.6) is 0 Å². The number of fused-ring (bicyclic) bond motifs is 2. The van der Waals surface area contributed by atoms with Crippen LogP contribution in [0.25, 0.3) is 22.2 Å². The van der Waals surface area contributed by atoms with Crippen molar-refractivity contribution in [2.24, 2.45) is 0 Å². The van der Waals surface area contributed by atoms with E-state index in [1.807, 2.05) is 45.3 Å². The number of benzene rings is 2. The molecule has 6 nitrogen and oxygen atoms in total. The van der Waals surface area contributed by atoms with Crippen LogP contribution in [-0.2, 0) is 4.79 Å². The molecule has 1 aliphatic rings. The Bertz CT molecular complexity index is 1070. The number of rotatable bonds is 3. The van der Waals surface area contributed by atoms with Gasteiger partial charge in [0.15, 0.2) is 5.78 Å². The summed E-state index contributed by atoms with van der Waals surface area (Å²) >= 11 is 0. The summed E-state index contributed by atoms with van der Waals surface area (Å²) in [6.45, 7) is 2.08. The van der Waals surface area contributed by atoms with Crippen LogP contribution in [0.3, 0.4) is 0 Å². The molecule has 0 fully saturated rings. The lowest BCUT2D eigenvalue weighted by Gasteiger charge is -2.20. The van der Waals surface area contributed by atoms with Gasteiger partial charge in [0.2, 0.25) is 5.91 Å². The van der Waals surface area contributed by atoms with Gasteiger partial charge in [-0.3, -0.25) is 9.59 Å². The summed E-state index contributed by atoms with van der Waals surface area (Å²) in [5.74, 6) is 0.416. The van der Waals surface area contributed by atoms with Crippen LogP contribution >= 0.6 is 0 Å². The van der Waals surface area contributed by atoms with Gasteiger partial charge in [-0.15, -0.1) is 0 Å². The SMILES string of the molecule is Cc1nc2c3c(ccc(NC(=O)CN(C)C)c3n1)C(=O)c1ccccc1-2. The number of carbonyl (C=O) groups excluding carboxylic acids is 2. The second-order valence-electron chi connectivity index (χ2n) is 6.66. The van der Waals surface area contributed by atoms with Crippen molar-refractivity contribution >= 4 is 28.3 Å². The molecule has 3 aromatic rings. The smallest absolute Gasteiger partial charge is 0.238 e. The quantitative estimate of drug-likeness (QED) is 0.617. The Morgan fingerprint density at radius 3 is 2.50 bits per heavy atom. The van der Waals surface area contributed by atoms with E-state index in [2.05, 4.69) is 15.3 Å². The molecule has 4 rings (SSSR count). The van der Waals surface area contributed by atoms with Gasteiger partial charge in [0, 0.05) is 22.1 Å². The lowest BCUT2D eigenvalue weighted by atomic mass is 9.86. The molecule has 0 unspecified atom stereocenters. The van der Waals surface area contributed by atoms with Gasteiger partial charge in [-0.1, -0.05) is 24.3 Å². The lowest BCUT2D eigenvalue weighted by Crippen LogP contribution is -2.27. The number of hydrogen-bond acceptors (Lipinski definition) is 5. The van der Waals surface area contributed by atoms with Crippen molar-refractivity contribution in [3.63, 3.8) is 0 Å². The van der Waals surface area contributed by atoms with Gasteiger partial charge in [0.05, 0.1) is 23.4 Å². The number of carbonyl (C=O) groups is 2. The highest BCUT2D eigenvalue weighted by Gasteiger charge is 2.28. The zero-order valence-electron chi connectivity index (χ0n) is 14.8. The fourth-order valence-corrected chi connectivity index (χ4v) is 3.35. The van der Waals surface area contributed by atoms with Crippen molar-refractivity contribution in [3.05, 3.63) is 53.3 Å². The number of amides is 1. The van der Waals surface area contributed by atoms with Crippen molar-refractivity contribution in [1.82, 2.24) is 14.9 Å². The highest BCUT2D eigenvalue weighted by Crippen LogP contribution is 2.39. The van der Waals surface area contributed by atoms with Gasteiger partial charge in [0.1, 0.15) is 5.82 Å². The topological polar surface area (TPSA) is 75.2 Å². The highest BCUT2D eigenvalue weighted by molar-refractivity contribution is 6.26. The Morgan fingerprint density at radius 1 is 1.04 bits per heavy atom. The fourth-order valence-electron chi connectivity index (χ4n) is 3.35. The Hall–Kier alpha value is -3.12. The van der Waals surface area contributed by atoms with Crippen LogP contribution in [0.15, 0.2) is 36.4 Å². The average Bonchev–Trinajstić information content (AvgIpc) is 2.59. The molecule has 0 saturated carbocycles. The van der Waals surface area contributed by atoms with Crippen LogP contribution in [0, 0.1) is 6.92 Å². The first kappa shape index (κ1) is 16.4. The molecule has 6 heteroatoms. The molecule has 0 aliphatic heterocycles. The van der Waals surface area contributed by atoms with Crippen LogP contribution < -0.4 is 5.32 Å². The second-order valence-corrected chi connectivity index (χ2v) is 6.66. The number of ketones is 1. The van der Waals surface area contributed by atoms with E-state index in [4.69, 9.17) is 0 Å². The minimum atomic E-state index is -0.134. The predicted molar refractivity (Wildman–Crippen MR) is 100 cm³/mol. The van der Waals surface area contributed by atoms with E-state index in [1.54, 1.807) is 17.0 Å². The first-order chi connectivity index (χ1) is 12.5. The number of aryl methyl sites for hydroxylation is 1. The van der Waals surface area contributed by atoms with Crippen LogP contribution in [0.2, 0.25) is 0 Å². The normalized spacial score (nSPS) is 12.4. The zero-order valence-corrected chi connectivity index (χ0v) is 14.8. The monoisotopic (exact) mass is 346 g/mol. The molecular weight excluding hydrogens is 328 g/mol. The van der Waals surface area contributed by atoms with Gasteiger partial charge >= 0.3 is 0 Å². The lowest BCUT2D eigenvalue weighted by molar-refractivity contribution is -0.116. The first-order valence-electron chi connectivity index (χ1n) is 8.35. The molecule has 1 N–H and O–H groups in total. The van der Waals surface area contributed by atoms with Crippen molar-refractivity contribution < 1.29 is 9.59 Å². The summed E-state index contributed by atoms with van der Waals surface area (Å²) in [5, 5.41) is 3.60. The Morgan fingerprint density at radius 2 is 1.77 bits per heavy atom. The summed E-state index contributed by atoms with van der Waals surface area (Å²) in [7, 11) is 3.66. The largest absolute Gasteiger partial charge is 0.323 e. The summed E-state index contributed by atoms with van der Waals surface area (Å²) in [4.78, 5) is 36.0. The number of hydrogen-bond donors (Lipinski definition) is 1. The zero-order chi connectivity index (χ0) is 18.4. The highest BCUT2D eigenvalue weighted by atomic mass is 16.2. The van der Waals surface area contributed by atoms with Crippen LogP contribution in [-0.4, -0.2) is 47.2 Å². The average molecular weight is 346 g/mol. The molecule has 0 bridgehead atoms. The van der Waals surface area contributed by atoms with Gasteiger partial charge in [-0.25, -0.2) is 9.97 Å². The molecule has 26 heavy (non-hydrogen) atoms. The van der Waals surface area contributed by atoms with Gasteiger partial charge in [0.25, 0.3) is 0 Å². The Kier molecular flexibility index (Phi) is 3.77. The first-order valence-corrected chi connectivity index (χ1v) is 8.35. The third kappa shape index (κ3) is 2.55. The van der Waals surface area contributed by atoms with Crippen molar-refractivity contribution in [1.29, 1.82) is 0 Å². The van der Waals surface area contributed by atoms with Crippen molar-refractivity contribution in [3.8, 4) is 11.3 Å². The summed E-state index contributed by atoms with van der Waals surface area (Å²) in [6, 6.07) is 10.9. The van der Waals surface area contributed by atoms with Crippen molar-refractivity contribution in [2.75, 3.05) is 26.0 Å². The fraction of sp³-hybridized carbons (Fsp3) is 0.200.